The number of nitrogens with one attached hydrogen (secondary N) is 1. The quantitative estimate of drug-likeness (QED) is 0.773. The molecule has 18 heavy (non-hydrogen) atoms. The minimum Gasteiger partial charge on any atom is -0.311 e. The van der Waals surface area contributed by atoms with Crippen LogP contribution >= 0.6 is 0 Å². The highest BCUT2D eigenvalue weighted by atomic mass is 15.1. The molecular formula is C16H28N2. The van der Waals surface area contributed by atoms with E-state index in [2.05, 4.69) is 30.0 Å². The maximum absolute atomic E-state index is 5.37. The van der Waals surface area contributed by atoms with Gasteiger partial charge >= 0.3 is 0 Å². The van der Waals surface area contributed by atoms with E-state index in [1.807, 2.05) is 0 Å². The van der Waals surface area contributed by atoms with Crippen LogP contribution in [0.2, 0.25) is 0 Å². The van der Waals surface area contributed by atoms with E-state index in [0.29, 0.717) is 5.41 Å². The van der Waals surface area contributed by atoms with Crippen LogP contribution in [-0.2, 0) is 0 Å². The third-order valence-corrected chi connectivity index (χ3v) is 4.58. The third-order valence-electron chi connectivity index (χ3n) is 4.58. The van der Waals surface area contributed by atoms with E-state index in [1.165, 1.54) is 38.5 Å². The number of nitrogens with zero attached hydrogens (tertiary/aromatic N) is 1. The molecule has 2 aliphatic rings. The molecule has 0 aromatic heterocycles. The Labute approximate surface area is 113 Å². The van der Waals surface area contributed by atoms with Crippen LogP contribution in [0.1, 0.15) is 52.4 Å². The number of hydrogen-bond donors (Lipinski definition) is 1. The molecule has 1 aliphatic carbocycles. The van der Waals surface area contributed by atoms with Gasteiger partial charge in [-0.1, -0.05) is 26.2 Å². The molecule has 1 atom stereocenters. The number of rotatable bonds is 3. The van der Waals surface area contributed by atoms with Crippen LogP contribution in [0.5, 0.6) is 0 Å². The molecule has 1 saturated carbocycles. The highest BCUT2D eigenvalue weighted by Crippen LogP contribution is 2.35. The van der Waals surface area contributed by atoms with Crippen LogP contribution in [0.4, 0.5) is 0 Å². The van der Waals surface area contributed by atoms with Crippen molar-refractivity contribution in [1.29, 1.82) is 0 Å². The van der Waals surface area contributed by atoms with Crippen molar-refractivity contribution >= 4 is 0 Å². The molecule has 2 nitrogen and oxygen atoms in total. The highest BCUT2D eigenvalue weighted by Gasteiger charge is 2.29. The molecule has 1 unspecified atom stereocenters. The Hall–Kier alpha value is -0.520. The molecule has 2 heteroatoms. The average Bonchev–Trinajstić information content (AvgIpc) is 2.31. The second-order valence-corrected chi connectivity index (χ2v) is 6.88. The predicted octanol–water partition coefficient (Wildman–Crippen LogP) is 2.64. The van der Waals surface area contributed by atoms with Gasteiger partial charge in [0.05, 0.1) is 6.54 Å². The lowest BCUT2D eigenvalue weighted by molar-refractivity contribution is 0.160. The molecule has 1 saturated heterocycles. The maximum atomic E-state index is 5.37. The van der Waals surface area contributed by atoms with Gasteiger partial charge in [0, 0.05) is 25.2 Å². The van der Waals surface area contributed by atoms with Crippen LogP contribution in [0, 0.1) is 17.8 Å². The average molecular weight is 248 g/mol. The van der Waals surface area contributed by atoms with Gasteiger partial charge in [0.15, 0.2) is 0 Å². The normalized spacial score (nSPS) is 29.9. The number of piperidine rings is 1. The van der Waals surface area contributed by atoms with Crippen molar-refractivity contribution in [3.8, 4) is 12.3 Å². The van der Waals surface area contributed by atoms with E-state index in [0.717, 1.165) is 31.7 Å². The fourth-order valence-corrected chi connectivity index (χ4v) is 3.56. The molecule has 2 rings (SSSR count). The van der Waals surface area contributed by atoms with Crippen molar-refractivity contribution in [2.75, 3.05) is 19.6 Å². The summed E-state index contributed by atoms with van der Waals surface area (Å²) in [5, 5.41) is 3.90. The topological polar surface area (TPSA) is 15.3 Å². The summed E-state index contributed by atoms with van der Waals surface area (Å²) in [6.07, 6.45) is 13.4. The molecule has 2 fully saturated rings. The summed E-state index contributed by atoms with van der Waals surface area (Å²) < 4.78 is 0. The molecule has 0 radical (unpaired) electrons. The molecule has 0 spiro atoms. The Morgan fingerprint density at radius 3 is 2.56 bits per heavy atom. The van der Waals surface area contributed by atoms with Crippen molar-refractivity contribution in [2.45, 2.75) is 64.5 Å². The molecule has 1 N–H and O–H groups in total. The summed E-state index contributed by atoms with van der Waals surface area (Å²) in [5.41, 5.74) is 0.542. The van der Waals surface area contributed by atoms with Gasteiger partial charge in [0.1, 0.15) is 0 Å². The largest absolute Gasteiger partial charge is 0.311 e. The van der Waals surface area contributed by atoms with Crippen molar-refractivity contribution in [3.63, 3.8) is 0 Å². The third kappa shape index (κ3) is 4.00. The first kappa shape index (κ1) is 13.9. The highest BCUT2D eigenvalue weighted by molar-refractivity contribution is 4.92. The SMILES string of the molecule is C#CCN1CCC(NC2CCCC(C)(C)C2)CC1. The van der Waals surface area contributed by atoms with E-state index in [-0.39, 0.29) is 0 Å². The Kier molecular flexibility index (Phi) is 4.70. The second-order valence-electron chi connectivity index (χ2n) is 6.88. The lowest BCUT2D eigenvalue weighted by Crippen LogP contribution is -2.48. The molecular weight excluding hydrogens is 220 g/mol. The molecule has 1 heterocycles. The van der Waals surface area contributed by atoms with Crippen LogP contribution in [0.3, 0.4) is 0 Å². The second kappa shape index (κ2) is 6.08. The molecule has 102 valence electrons. The Morgan fingerprint density at radius 2 is 1.94 bits per heavy atom. The summed E-state index contributed by atoms with van der Waals surface area (Å²) in [4.78, 5) is 2.39. The van der Waals surface area contributed by atoms with Crippen LogP contribution in [-0.4, -0.2) is 36.6 Å². The van der Waals surface area contributed by atoms with Gasteiger partial charge in [-0.3, -0.25) is 4.90 Å². The monoisotopic (exact) mass is 248 g/mol. The predicted molar refractivity (Wildman–Crippen MR) is 77.5 cm³/mol. The van der Waals surface area contributed by atoms with E-state index in [9.17, 15) is 0 Å². The number of hydrogen-bond acceptors (Lipinski definition) is 2. The number of likely N-dealkylation sites (tertiary alicyclic amines) is 1. The van der Waals surface area contributed by atoms with Crippen molar-refractivity contribution in [3.05, 3.63) is 0 Å². The molecule has 0 aromatic carbocycles. The smallest absolute Gasteiger partial charge is 0.0598 e. The van der Waals surface area contributed by atoms with Gasteiger partial charge in [-0.2, -0.15) is 0 Å². The zero-order chi connectivity index (χ0) is 13.0. The van der Waals surface area contributed by atoms with Gasteiger partial charge in [-0.15, -0.1) is 6.42 Å². The lowest BCUT2D eigenvalue weighted by atomic mass is 9.75. The van der Waals surface area contributed by atoms with Gasteiger partial charge in [-0.25, -0.2) is 0 Å². The Bertz CT molecular complexity index is 295. The summed E-state index contributed by atoms with van der Waals surface area (Å²) in [7, 11) is 0. The Morgan fingerprint density at radius 1 is 1.22 bits per heavy atom. The first-order valence-corrected chi connectivity index (χ1v) is 7.51. The first-order chi connectivity index (χ1) is 8.59. The summed E-state index contributed by atoms with van der Waals surface area (Å²) in [6.45, 7) is 7.98. The first-order valence-electron chi connectivity index (χ1n) is 7.51. The van der Waals surface area contributed by atoms with Crippen molar-refractivity contribution in [2.24, 2.45) is 5.41 Å². The van der Waals surface area contributed by atoms with E-state index < -0.39 is 0 Å². The van der Waals surface area contributed by atoms with Crippen molar-refractivity contribution in [1.82, 2.24) is 10.2 Å². The van der Waals surface area contributed by atoms with Crippen LogP contribution < -0.4 is 5.32 Å². The van der Waals surface area contributed by atoms with E-state index in [1.54, 1.807) is 0 Å². The summed E-state index contributed by atoms with van der Waals surface area (Å²) in [6, 6.07) is 1.47. The zero-order valence-corrected chi connectivity index (χ0v) is 12.0. The fourth-order valence-electron chi connectivity index (χ4n) is 3.56. The minimum atomic E-state index is 0.542. The summed E-state index contributed by atoms with van der Waals surface area (Å²) in [5.74, 6) is 2.75. The van der Waals surface area contributed by atoms with Gasteiger partial charge in [0.25, 0.3) is 0 Å². The number of terminal acetylenes is 1. The minimum absolute atomic E-state index is 0.542. The summed E-state index contributed by atoms with van der Waals surface area (Å²) >= 11 is 0. The maximum Gasteiger partial charge on any atom is 0.0598 e. The van der Waals surface area contributed by atoms with Gasteiger partial charge in [0.2, 0.25) is 0 Å². The molecule has 0 bridgehead atoms. The molecule has 0 aromatic rings. The standard InChI is InChI=1S/C16H28N2/c1-4-10-18-11-7-14(8-12-18)17-15-6-5-9-16(2,3)13-15/h1,14-15,17H,5-13H2,2-3H3. The molecule has 0 amide bonds. The molecule has 1 aliphatic heterocycles. The van der Waals surface area contributed by atoms with Crippen molar-refractivity contribution < 1.29 is 0 Å². The van der Waals surface area contributed by atoms with E-state index >= 15 is 0 Å². The Balaban J connectivity index is 1.73. The van der Waals surface area contributed by atoms with E-state index in [4.69, 9.17) is 6.42 Å². The van der Waals surface area contributed by atoms with Crippen LogP contribution in [0.25, 0.3) is 0 Å². The van der Waals surface area contributed by atoms with Gasteiger partial charge in [-0.05, 0) is 37.5 Å². The van der Waals surface area contributed by atoms with Gasteiger partial charge < -0.3 is 5.32 Å². The fraction of sp³-hybridized carbons (Fsp3) is 0.875. The lowest BCUT2D eigenvalue weighted by Gasteiger charge is -2.39. The zero-order valence-electron chi connectivity index (χ0n) is 12.0. The van der Waals surface area contributed by atoms with Crippen LogP contribution in [0.15, 0.2) is 0 Å².